The van der Waals surface area contributed by atoms with Crippen molar-refractivity contribution in [3.8, 4) is 6.07 Å². The van der Waals surface area contributed by atoms with Gasteiger partial charge in [-0.25, -0.2) is 0 Å². The van der Waals surface area contributed by atoms with E-state index < -0.39 is 0 Å². The number of nitriles is 1. The second-order valence-corrected chi connectivity index (χ2v) is 7.38. The summed E-state index contributed by atoms with van der Waals surface area (Å²) in [5.74, 6) is 0.553. The zero-order valence-corrected chi connectivity index (χ0v) is 15.5. The Bertz CT molecular complexity index is 1050. The van der Waals surface area contributed by atoms with E-state index in [-0.39, 0.29) is 11.8 Å². The highest BCUT2D eigenvalue weighted by molar-refractivity contribution is 5.93. The van der Waals surface area contributed by atoms with Crippen LogP contribution < -0.4 is 0 Å². The van der Waals surface area contributed by atoms with Crippen molar-refractivity contribution in [3.05, 3.63) is 59.5 Å². The van der Waals surface area contributed by atoms with Crippen LogP contribution >= 0.6 is 0 Å². The number of carbonyl (C=O) groups is 1. The number of para-hydroxylation sites is 1. The third kappa shape index (κ3) is 3.28. The first kappa shape index (κ1) is 17.2. The van der Waals surface area contributed by atoms with Crippen LogP contribution in [0.15, 0.2) is 42.7 Å². The van der Waals surface area contributed by atoms with Gasteiger partial charge in [0.25, 0.3) is 5.91 Å². The molecule has 3 heterocycles. The van der Waals surface area contributed by atoms with Gasteiger partial charge in [-0.1, -0.05) is 25.1 Å². The maximum absolute atomic E-state index is 12.9. The summed E-state index contributed by atoms with van der Waals surface area (Å²) in [5, 5.41) is 14.4. The Morgan fingerprint density at radius 1 is 1.26 bits per heavy atom. The lowest BCUT2D eigenvalue weighted by Crippen LogP contribution is -2.42. The number of amides is 1. The molecule has 6 nitrogen and oxygen atoms in total. The number of hydrogen-bond donors (Lipinski definition) is 0. The number of carbonyl (C=O) groups excluding carboxylic acids is 1. The van der Waals surface area contributed by atoms with E-state index in [1.165, 1.54) is 0 Å². The SMILES string of the molecule is CC1CC(c2ccc3cccc(C#N)c3n2)CN(C(=O)c2cnn(C)c2)C1. The molecule has 2 atom stereocenters. The van der Waals surface area contributed by atoms with E-state index in [1.807, 2.05) is 36.2 Å². The van der Waals surface area contributed by atoms with Crippen molar-refractivity contribution in [2.45, 2.75) is 19.3 Å². The predicted octanol–water partition coefficient (Wildman–Crippen LogP) is 3.11. The molecular formula is C21H21N5O. The van der Waals surface area contributed by atoms with Crippen LogP contribution in [0.5, 0.6) is 0 Å². The molecule has 1 aromatic carbocycles. The average molecular weight is 359 g/mol. The summed E-state index contributed by atoms with van der Waals surface area (Å²) in [4.78, 5) is 19.6. The minimum absolute atomic E-state index is 0.0122. The molecule has 136 valence electrons. The van der Waals surface area contributed by atoms with Gasteiger partial charge in [-0.2, -0.15) is 10.4 Å². The number of likely N-dealkylation sites (tertiary alicyclic amines) is 1. The van der Waals surface area contributed by atoms with Crippen LogP contribution in [0.3, 0.4) is 0 Å². The fraction of sp³-hybridized carbons (Fsp3) is 0.333. The molecule has 27 heavy (non-hydrogen) atoms. The Balaban J connectivity index is 1.64. The van der Waals surface area contributed by atoms with Crippen LogP contribution in [0.25, 0.3) is 10.9 Å². The van der Waals surface area contributed by atoms with Gasteiger partial charge in [0.1, 0.15) is 6.07 Å². The number of rotatable bonds is 2. The summed E-state index contributed by atoms with van der Waals surface area (Å²) in [6.07, 6.45) is 4.35. The number of nitrogens with zero attached hydrogens (tertiary/aromatic N) is 5. The van der Waals surface area contributed by atoms with Gasteiger partial charge in [0, 0.05) is 43.3 Å². The number of benzene rings is 1. The molecule has 0 N–H and O–H groups in total. The fourth-order valence-corrected chi connectivity index (χ4v) is 3.93. The summed E-state index contributed by atoms with van der Waals surface area (Å²) >= 11 is 0. The number of piperidine rings is 1. The Labute approximate surface area is 158 Å². The Hall–Kier alpha value is -3.20. The summed E-state index contributed by atoms with van der Waals surface area (Å²) in [6.45, 7) is 3.53. The summed E-state index contributed by atoms with van der Waals surface area (Å²) < 4.78 is 1.65. The van der Waals surface area contributed by atoms with Gasteiger partial charge in [-0.3, -0.25) is 14.5 Å². The topological polar surface area (TPSA) is 74.8 Å². The molecule has 0 saturated carbocycles. The zero-order valence-electron chi connectivity index (χ0n) is 15.5. The molecule has 1 saturated heterocycles. The molecule has 2 unspecified atom stereocenters. The number of fused-ring (bicyclic) bond motifs is 1. The lowest BCUT2D eigenvalue weighted by Gasteiger charge is -2.36. The molecule has 3 aromatic rings. The molecule has 1 amide bonds. The van der Waals surface area contributed by atoms with E-state index in [9.17, 15) is 10.1 Å². The van der Waals surface area contributed by atoms with E-state index in [0.717, 1.165) is 29.6 Å². The minimum atomic E-state index is 0.0122. The van der Waals surface area contributed by atoms with Crippen molar-refractivity contribution in [2.24, 2.45) is 13.0 Å². The highest BCUT2D eigenvalue weighted by Crippen LogP contribution is 2.31. The highest BCUT2D eigenvalue weighted by Gasteiger charge is 2.30. The molecule has 1 fully saturated rings. The van der Waals surface area contributed by atoms with E-state index in [2.05, 4.69) is 18.1 Å². The standard InChI is InChI=1S/C21H21N5O/c1-14-8-17(13-26(11-14)21(27)18-10-23-25(2)12-18)19-7-6-15-4-3-5-16(9-22)20(15)24-19/h3-7,10,12,14,17H,8,11,13H2,1-2H3. The van der Waals surface area contributed by atoms with Crippen molar-refractivity contribution in [3.63, 3.8) is 0 Å². The molecule has 1 aliphatic heterocycles. The lowest BCUT2D eigenvalue weighted by atomic mass is 9.87. The summed E-state index contributed by atoms with van der Waals surface area (Å²) in [6, 6.07) is 11.9. The second kappa shape index (κ2) is 6.84. The molecule has 0 radical (unpaired) electrons. The first-order valence-electron chi connectivity index (χ1n) is 9.13. The van der Waals surface area contributed by atoms with E-state index in [0.29, 0.717) is 23.6 Å². The zero-order chi connectivity index (χ0) is 19.0. The van der Waals surface area contributed by atoms with Gasteiger partial charge in [-0.05, 0) is 24.5 Å². The van der Waals surface area contributed by atoms with E-state index >= 15 is 0 Å². The predicted molar refractivity (Wildman–Crippen MR) is 102 cm³/mol. The molecule has 6 heteroatoms. The third-order valence-corrected chi connectivity index (χ3v) is 5.18. The minimum Gasteiger partial charge on any atom is -0.338 e. The Morgan fingerprint density at radius 2 is 2.11 bits per heavy atom. The fourth-order valence-electron chi connectivity index (χ4n) is 3.93. The van der Waals surface area contributed by atoms with Gasteiger partial charge in [0.2, 0.25) is 0 Å². The maximum atomic E-state index is 12.9. The first-order valence-corrected chi connectivity index (χ1v) is 9.13. The van der Waals surface area contributed by atoms with E-state index in [4.69, 9.17) is 4.98 Å². The van der Waals surface area contributed by atoms with Crippen LogP contribution in [0.2, 0.25) is 0 Å². The van der Waals surface area contributed by atoms with Crippen molar-refractivity contribution < 1.29 is 4.79 Å². The van der Waals surface area contributed by atoms with Gasteiger partial charge >= 0.3 is 0 Å². The van der Waals surface area contributed by atoms with Crippen LogP contribution in [0.4, 0.5) is 0 Å². The third-order valence-electron chi connectivity index (χ3n) is 5.18. The maximum Gasteiger partial charge on any atom is 0.257 e. The van der Waals surface area contributed by atoms with Crippen LogP contribution in [0, 0.1) is 17.2 Å². The second-order valence-electron chi connectivity index (χ2n) is 7.38. The lowest BCUT2D eigenvalue weighted by molar-refractivity contribution is 0.0656. The number of aryl methyl sites for hydroxylation is 1. The molecule has 2 aromatic heterocycles. The largest absolute Gasteiger partial charge is 0.338 e. The number of aromatic nitrogens is 3. The van der Waals surface area contributed by atoms with Crippen LogP contribution in [-0.4, -0.2) is 38.7 Å². The van der Waals surface area contributed by atoms with Crippen LogP contribution in [0.1, 0.15) is 40.9 Å². The molecule has 0 aliphatic carbocycles. The summed E-state index contributed by atoms with van der Waals surface area (Å²) in [7, 11) is 1.81. The monoisotopic (exact) mass is 359 g/mol. The van der Waals surface area contributed by atoms with E-state index in [1.54, 1.807) is 23.1 Å². The van der Waals surface area contributed by atoms with Crippen LogP contribution in [-0.2, 0) is 7.05 Å². The molecule has 0 bridgehead atoms. The normalized spacial score (nSPS) is 19.8. The quantitative estimate of drug-likeness (QED) is 0.705. The average Bonchev–Trinajstić information content (AvgIpc) is 3.12. The highest BCUT2D eigenvalue weighted by atomic mass is 16.2. The molecular weight excluding hydrogens is 338 g/mol. The van der Waals surface area contributed by atoms with Crippen molar-refractivity contribution >= 4 is 16.8 Å². The number of hydrogen-bond acceptors (Lipinski definition) is 4. The Morgan fingerprint density at radius 3 is 2.85 bits per heavy atom. The molecule has 4 rings (SSSR count). The van der Waals surface area contributed by atoms with Crippen molar-refractivity contribution in [1.82, 2.24) is 19.7 Å². The smallest absolute Gasteiger partial charge is 0.257 e. The van der Waals surface area contributed by atoms with Gasteiger partial charge in [0.05, 0.1) is 22.8 Å². The van der Waals surface area contributed by atoms with Gasteiger partial charge < -0.3 is 4.90 Å². The number of pyridine rings is 1. The molecule has 0 spiro atoms. The van der Waals surface area contributed by atoms with Gasteiger partial charge in [-0.15, -0.1) is 0 Å². The van der Waals surface area contributed by atoms with Crippen molar-refractivity contribution in [2.75, 3.05) is 13.1 Å². The summed E-state index contributed by atoms with van der Waals surface area (Å²) in [5.41, 5.74) is 2.88. The van der Waals surface area contributed by atoms with Crippen molar-refractivity contribution in [1.29, 1.82) is 5.26 Å². The van der Waals surface area contributed by atoms with Gasteiger partial charge in [0.15, 0.2) is 0 Å². The Kier molecular flexibility index (Phi) is 4.36. The molecule has 1 aliphatic rings. The first-order chi connectivity index (χ1) is 13.0.